The molecular weight excluding hydrogens is 214 g/mol. The van der Waals surface area contributed by atoms with Gasteiger partial charge in [-0.25, -0.2) is 0 Å². The van der Waals surface area contributed by atoms with Crippen LogP contribution >= 0.6 is 0 Å². The molecule has 1 aliphatic heterocycles. The Balaban J connectivity index is 1.98. The highest BCUT2D eigenvalue weighted by Crippen LogP contribution is 2.22. The molecule has 3 nitrogen and oxygen atoms in total. The first-order valence-corrected chi connectivity index (χ1v) is 6.22. The first-order chi connectivity index (χ1) is 8.31. The minimum atomic E-state index is -0.0570. The van der Waals surface area contributed by atoms with Crippen LogP contribution in [0.15, 0.2) is 30.3 Å². The van der Waals surface area contributed by atoms with Gasteiger partial charge in [0.2, 0.25) is 0 Å². The predicted octanol–water partition coefficient (Wildman–Crippen LogP) is 1.63. The Kier molecular flexibility index (Phi) is 4.15. The largest absolute Gasteiger partial charge is 0.466 e. The van der Waals surface area contributed by atoms with E-state index in [1.165, 1.54) is 5.56 Å². The summed E-state index contributed by atoms with van der Waals surface area (Å²) in [6.45, 7) is 3.97. The van der Waals surface area contributed by atoms with E-state index in [1.807, 2.05) is 25.1 Å². The van der Waals surface area contributed by atoms with Crippen LogP contribution in [-0.2, 0) is 16.0 Å². The molecule has 2 atom stereocenters. The van der Waals surface area contributed by atoms with E-state index in [-0.39, 0.29) is 11.9 Å². The molecule has 0 aromatic heterocycles. The molecule has 17 heavy (non-hydrogen) atoms. The van der Waals surface area contributed by atoms with Crippen LogP contribution in [0, 0.1) is 11.8 Å². The predicted molar refractivity (Wildman–Crippen MR) is 66.6 cm³/mol. The van der Waals surface area contributed by atoms with Crippen molar-refractivity contribution < 1.29 is 9.53 Å². The molecular formula is C14H19NO2. The van der Waals surface area contributed by atoms with Crippen molar-refractivity contribution in [3.63, 3.8) is 0 Å². The lowest BCUT2D eigenvalue weighted by atomic mass is 9.90. The molecule has 0 spiro atoms. The van der Waals surface area contributed by atoms with Gasteiger partial charge in [0.25, 0.3) is 0 Å². The second-order valence-corrected chi connectivity index (χ2v) is 4.47. The van der Waals surface area contributed by atoms with E-state index in [9.17, 15) is 4.79 Å². The highest BCUT2D eigenvalue weighted by molar-refractivity contribution is 5.73. The van der Waals surface area contributed by atoms with Gasteiger partial charge in [-0.15, -0.1) is 0 Å². The van der Waals surface area contributed by atoms with Crippen LogP contribution in [0.3, 0.4) is 0 Å². The zero-order chi connectivity index (χ0) is 12.1. The van der Waals surface area contributed by atoms with Crippen molar-refractivity contribution in [2.75, 3.05) is 19.7 Å². The van der Waals surface area contributed by atoms with Gasteiger partial charge in [0.05, 0.1) is 12.5 Å². The van der Waals surface area contributed by atoms with Crippen LogP contribution in [0.25, 0.3) is 0 Å². The molecule has 1 aromatic rings. The summed E-state index contributed by atoms with van der Waals surface area (Å²) >= 11 is 0. The van der Waals surface area contributed by atoms with Gasteiger partial charge in [0, 0.05) is 6.54 Å². The van der Waals surface area contributed by atoms with Crippen LogP contribution in [0.5, 0.6) is 0 Å². The summed E-state index contributed by atoms with van der Waals surface area (Å²) in [5, 5.41) is 3.28. The molecule has 1 fully saturated rings. The van der Waals surface area contributed by atoms with E-state index in [4.69, 9.17) is 4.74 Å². The zero-order valence-corrected chi connectivity index (χ0v) is 10.2. The van der Waals surface area contributed by atoms with Gasteiger partial charge in [0.15, 0.2) is 0 Å². The molecule has 1 aromatic carbocycles. The quantitative estimate of drug-likeness (QED) is 0.803. The van der Waals surface area contributed by atoms with Crippen LogP contribution in [0.2, 0.25) is 0 Å². The molecule has 0 bridgehead atoms. The molecule has 2 rings (SSSR count). The summed E-state index contributed by atoms with van der Waals surface area (Å²) < 4.78 is 5.11. The number of esters is 1. The summed E-state index contributed by atoms with van der Waals surface area (Å²) in [5.41, 5.74) is 1.29. The number of benzene rings is 1. The Morgan fingerprint density at radius 3 is 2.82 bits per heavy atom. The van der Waals surface area contributed by atoms with Crippen LogP contribution in [0.4, 0.5) is 0 Å². The van der Waals surface area contributed by atoms with Gasteiger partial charge in [0.1, 0.15) is 0 Å². The Morgan fingerprint density at radius 2 is 2.12 bits per heavy atom. The minimum Gasteiger partial charge on any atom is -0.466 e. The third-order valence-corrected chi connectivity index (χ3v) is 3.27. The third kappa shape index (κ3) is 3.07. The fourth-order valence-electron chi connectivity index (χ4n) is 2.39. The number of hydrogen-bond donors (Lipinski definition) is 1. The molecule has 1 N–H and O–H groups in total. The Hall–Kier alpha value is -1.35. The van der Waals surface area contributed by atoms with Gasteiger partial charge in [-0.2, -0.15) is 0 Å². The monoisotopic (exact) mass is 233 g/mol. The highest BCUT2D eigenvalue weighted by Gasteiger charge is 2.33. The molecule has 1 saturated heterocycles. The average Bonchev–Trinajstić information content (AvgIpc) is 2.79. The smallest absolute Gasteiger partial charge is 0.310 e. The topological polar surface area (TPSA) is 38.3 Å². The summed E-state index contributed by atoms with van der Waals surface area (Å²) in [6, 6.07) is 10.3. The van der Waals surface area contributed by atoms with Crippen molar-refractivity contribution in [1.29, 1.82) is 0 Å². The van der Waals surface area contributed by atoms with Crippen LogP contribution < -0.4 is 5.32 Å². The summed E-state index contributed by atoms with van der Waals surface area (Å²) in [6.07, 6.45) is 0.942. The number of hydrogen-bond acceptors (Lipinski definition) is 3. The molecule has 2 unspecified atom stereocenters. The summed E-state index contributed by atoms with van der Waals surface area (Å²) in [7, 11) is 0. The first-order valence-electron chi connectivity index (χ1n) is 6.22. The minimum absolute atomic E-state index is 0.00940. The zero-order valence-electron chi connectivity index (χ0n) is 10.2. The molecule has 1 aliphatic rings. The molecule has 0 aliphatic carbocycles. The Labute approximate surface area is 102 Å². The lowest BCUT2D eigenvalue weighted by Gasteiger charge is -2.16. The maximum Gasteiger partial charge on any atom is 0.310 e. The van der Waals surface area contributed by atoms with Crippen molar-refractivity contribution in [2.45, 2.75) is 13.3 Å². The summed E-state index contributed by atoms with van der Waals surface area (Å²) in [4.78, 5) is 11.8. The first kappa shape index (κ1) is 12.1. The van der Waals surface area contributed by atoms with Gasteiger partial charge >= 0.3 is 5.97 Å². The molecule has 0 amide bonds. The van der Waals surface area contributed by atoms with E-state index in [2.05, 4.69) is 17.4 Å². The van der Waals surface area contributed by atoms with E-state index >= 15 is 0 Å². The second kappa shape index (κ2) is 5.82. The fraction of sp³-hybridized carbons (Fsp3) is 0.500. The van der Waals surface area contributed by atoms with Gasteiger partial charge in [-0.05, 0) is 31.4 Å². The molecule has 92 valence electrons. The van der Waals surface area contributed by atoms with Gasteiger partial charge in [-0.3, -0.25) is 4.79 Å². The van der Waals surface area contributed by atoms with Crippen LogP contribution in [0.1, 0.15) is 12.5 Å². The standard InChI is InChI=1S/C14H19NO2/c1-2-17-14(16)13-10-15-9-12(13)8-11-6-4-3-5-7-11/h3-7,12-13,15H,2,8-10H2,1H3. The van der Waals surface area contributed by atoms with Crippen molar-refractivity contribution in [1.82, 2.24) is 5.32 Å². The Morgan fingerprint density at radius 1 is 1.35 bits per heavy atom. The van der Waals surface area contributed by atoms with E-state index in [0.29, 0.717) is 12.5 Å². The van der Waals surface area contributed by atoms with E-state index in [0.717, 1.165) is 19.5 Å². The molecule has 3 heteroatoms. The normalized spacial score (nSPS) is 23.6. The second-order valence-electron chi connectivity index (χ2n) is 4.47. The lowest BCUT2D eigenvalue weighted by Crippen LogP contribution is -2.26. The SMILES string of the molecule is CCOC(=O)C1CNCC1Cc1ccccc1. The molecule has 0 saturated carbocycles. The maximum atomic E-state index is 11.8. The van der Waals surface area contributed by atoms with Gasteiger partial charge in [-0.1, -0.05) is 30.3 Å². The number of ether oxygens (including phenoxy) is 1. The average molecular weight is 233 g/mol. The maximum absolute atomic E-state index is 11.8. The van der Waals surface area contributed by atoms with Crippen LogP contribution in [-0.4, -0.2) is 25.7 Å². The number of rotatable bonds is 4. The van der Waals surface area contributed by atoms with Crippen molar-refractivity contribution in [3.05, 3.63) is 35.9 Å². The van der Waals surface area contributed by atoms with E-state index < -0.39 is 0 Å². The number of carbonyl (C=O) groups excluding carboxylic acids is 1. The summed E-state index contributed by atoms with van der Waals surface area (Å²) in [5.74, 6) is 0.310. The van der Waals surface area contributed by atoms with E-state index in [1.54, 1.807) is 0 Å². The third-order valence-electron chi connectivity index (χ3n) is 3.27. The molecule has 0 radical (unpaired) electrons. The van der Waals surface area contributed by atoms with Crippen molar-refractivity contribution in [2.24, 2.45) is 11.8 Å². The van der Waals surface area contributed by atoms with Crippen molar-refractivity contribution in [3.8, 4) is 0 Å². The van der Waals surface area contributed by atoms with Crippen molar-refractivity contribution >= 4 is 5.97 Å². The Bertz CT molecular complexity index is 364. The van der Waals surface area contributed by atoms with Gasteiger partial charge < -0.3 is 10.1 Å². The lowest BCUT2D eigenvalue weighted by molar-refractivity contribution is -0.148. The fourth-order valence-corrected chi connectivity index (χ4v) is 2.39. The highest BCUT2D eigenvalue weighted by atomic mass is 16.5. The number of carbonyl (C=O) groups is 1. The molecule has 1 heterocycles. The number of nitrogens with one attached hydrogen (secondary N) is 1.